The zero-order valence-electron chi connectivity index (χ0n) is 14.8. The maximum atomic E-state index is 13.2. The van der Waals surface area contributed by atoms with Crippen molar-refractivity contribution in [1.29, 1.82) is 0 Å². The van der Waals surface area contributed by atoms with Gasteiger partial charge in [-0.3, -0.25) is 4.79 Å². The van der Waals surface area contributed by atoms with Crippen LogP contribution in [0, 0.1) is 0 Å². The molecule has 0 aromatic heterocycles. The Morgan fingerprint density at radius 1 is 1.19 bits per heavy atom. The summed E-state index contributed by atoms with van der Waals surface area (Å²) in [5.41, 5.74) is -0.748. The molecule has 2 aromatic carbocycles. The van der Waals surface area contributed by atoms with Crippen LogP contribution in [0.4, 0.5) is 11.4 Å². The lowest BCUT2D eigenvalue weighted by Crippen LogP contribution is -2.51. The monoisotopic (exact) mass is 362 g/mol. The van der Waals surface area contributed by atoms with Crippen LogP contribution in [-0.2, 0) is 14.3 Å². The molecule has 27 heavy (non-hydrogen) atoms. The molecule has 0 saturated carbocycles. The number of nitrogens with zero attached hydrogens (tertiary/aromatic N) is 4. The van der Waals surface area contributed by atoms with Gasteiger partial charge in [-0.05, 0) is 31.2 Å². The molecule has 1 amide bonds. The largest absolute Gasteiger partial charge is 0.459 e. The number of hydrogen-bond donors (Lipinski definition) is 0. The van der Waals surface area contributed by atoms with Crippen LogP contribution in [0.3, 0.4) is 0 Å². The third kappa shape index (κ3) is 3.39. The highest BCUT2D eigenvalue weighted by Gasteiger charge is 2.58. The van der Waals surface area contributed by atoms with E-state index >= 15 is 0 Å². The Hall–Kier alpha value is -3.61. The standard InChI is InChI=1S/C20H18N4O3/c1-3-14-27-19(26)20(23-21-16-10-6-4-7-11-16)15(2)22-24(18(20)25)17-12-8-5-9-13-17/h3-13H,1,14H2,2H3. The quantitative estimate of drug-likeness (QED) is 0.340. The van der Waals surface area contributed by atoms with Gasteiger partial charge in [0.05, 0.1) is 17.1 Å². The normalized spacial score (nSPS) is 19.2. The number of para-hydroxylation sites is 1. The van der Waals surface area contributed by atoms with Crippen LogP contribution in [0.5, 0.6) is 0 Å². The summed E-state index contributed by atoms with van der Waals surface area (Å²) in [6.07, 6.45) is 1.42. The highest BCUT2D eigenvalue weighted by molar-refractivity contribution is 6.34. The van der Waals surface area contributed by atoms with Crippen LogP contribution in [0.25, 0.3) is 0 Å². The maximum absolute atomic E-state index is 13.2. The molecule has 0 bridgehead atoms. The molecule has 0 aliphatic carbocycles. The first-order valence-electron chi connectivity index (χ1n) is 8.31. The average Bonchev–Trinajstić information content (AvgIpc) is 2.97. The van der Waals surface area contributed by atoms with Crippen LogP contribution < -0.4 is 5.01 Å². The fourth-order valence-electron chi connectivity index (χ4n) is 2.58. The summed E-state index contributed by atoms with van der Waals surface area (Å²) in [6, 6.07) is 17.6. The Morgan fingerprint density at radius 2 is 1.81 bits per heavy atom. The number of rotatable bonds is 6. The Bertz CT molecular complexity index is 909. The number of ether oxygens (including phenoxy) is 1. The zero-order chi connectivity index (χ0) is 19.3. The number of carbonyl (C=O) groups is 2. The molecule has 0 spiro atoms. The second kappa shape index (κ2) is 7.74. The van der Waals surface area contributed by atoms with Crippen LogP contribution >= 0.6 is 0 Å². The van der Waals surface area contributed by atoms with E-state index in [0.717, 1.165) is 5.01 Å². The van der Waals surface area contributed by atoms with Crippen molar-refractivity contribution in [3.63, 3.8) is 0 Å². The predicted octanol–water partition coefficient (Wildman–Crippen LogP) is 3.66. The lowest BCUT2D eigenvalue weighted by atomic mass is 9.95. The summed E-state index contributed by atoms with van der Waals surface area (Å²) in [6.45, 7) is 5.03. The molecular weight excluding hydrogens is 344 g/mol. The third-order valence-electron chi connectivity index (χ3n) is 3.98. The summed E-state index contributed by atoms with van der Waals surface area (Å²) in [7, 11) is 0. The zero-order valence-corrected chi connectivity index (χ0v) is 14.8. The van der Waals surface area contributed by atoms with Crippen molar-refractivity contribution in [2.75, 3.05) is 11.6 Å². The van der Waals surface area contributed by atoms with Crippen molar-refractivity contribution in [3.05, 3.63) is 73.3 Å². The van der Waals surface area contributed by atoms with Gasteiger partial charge in [0, 0.05) is 0 Å². The topological polar surface area (TPSA) is 83.7 Å². The minimum absolute atomic E-state index is 0.0483. The van der Waals surface area contributed by atoms with Crippen LogP contribution in [0.1, 0.15) is 6.92 Å². The van der Waals surface area contributed by atoms with Crippen LogP contribution in [-0.4, -0.2) is 29.7 Å². The first-order chi connectivity index (χ1) is 13.1. The second-order valence-electron chi connectivity index (χ2n) is 5.77. The van der Waals surface area contributed by atoms with Gasteiger partial charge in [-0.15, -0.1) is 0 Å². The summed E-state index contributed by atoms with van der Waals surface area (Å²) in [5, 5.41) is 13.6. The van der Waals surface area contributed by atoms with Gasteiger partial charge >= 0.3 is 5.97 Å². The van der Waals surface area contributed by atoms with Gasteiger partial charge in [0.25, 0.3) is 11.4 Å². The van der Waals surface area contributed by atoms with Crippen molar-refractivity contribution < 1.29 is 14.3 Å². The first-order valence-corrected chi connectivity index (χ1v) is 8.31. The molecule has 3 rings (SSSR count). The molecule has 1 aliphatic heterocycles. The number of carbonyl (C=O) groups excluding carboxylic acids is 2. The lowest BCUT2D eigenvalue weighted by molar-refractivity contribution is -0.149. The van der Waals surface area contributed by atoms with E-state index in [1.54, 1.807) is 55.5 Å². The van der Waals surface area contributed by atoms with Gasteiger partial charge in [0.2, 0.25) is 0 Å². The van der Waals surface area contributed by atoms with Crippen molar-refractivity contribution in [2.24, 2.45) is 15.3 Å². The highest BCUT2D eigenvalue weighted by atomic mass is 16.5. The smallest absolute Gasteiger partial charge is 0.352 e. The highest BCUT2D eigenvalue weighted by Crippen LogP contribution is 2.32. The van der Waals surface area contributed by atoms with Gasteiger partial charge in [-0.25, -0.2) is 4.79 Å². The molecule has 0 fully saturated rings. The van der Waals surface area contributed by atoms with Gasteiger partial charge in [-0.2, -0.15) is 20.3 Å². The Labute approximate surface area is 156 Å². The van der Waals surface area contributed by atoms with E-state index in [4.69, 9.17) is 4.74 Å². The summed E-state index contributed by atoms with van der Waals surface area (Å²) in [4.78, 5) is 26.0. The molecule has 7 heteroatoms. The number of benzene rings is 2. The molecule has 1 atom stereocenters. The molecule has 7 nitrogen and oxygen atoms in total. The van der Waals surface area contributed by atoms with E-state index in [1.807, 2.05) is 12.1 Å². The van der Waals surface area contributed by atoms with E-state index in [1.165, 1.54) is 6.08 Å². The number of hydrogen-bond acceptors (Lipinski definition) is 6. The van der Waals surface area contributed by atoms with Crippen molar-refractivity contribution >= 4 is 29.0 Å². The van der Waals surface area contributed by atoms with E-state index in [9.17, 15) is 9.59 Å². The molecule has 0 N–H and O–H groups in total. The third-order valence-corrected chi connectivity index (χ3v) is 3.98. The molecule has 0 saturated heterocycles. The molecule has 1 unspecified atom stereocenters. The number of anilines is 1. The Kier molecular flexibility index (Phi) is 5.21. The molecular formula is C20H18N4O3. The van der Waals surface area contributed by atoms with Crippen LogP contribution in [0.2, 0.25) is 0 Å². The fraction of sp³-hybridized carbons (Fsp3) is 0.150. The van der Waals surface area contributed by atoms with E-state index in [-0.39, 0.29) is 12.3 Å². The maximum Gasteiger partial charge on any atom is 0.352 e. The Morgan fingerprint density at radius 3 is 2.44 bits per heavy atom. The molecule has 1 heterocycles. The van der Waals surface area contributed by atoms with E-state index < -0.39 is 17.4 Å². The minimum atomic E-state index is -1.96. The SMILES string of the molecule is C=CCOC(=O)C1(N=Nc2ccccc2)C(=O)N(c2ccccc2)N=C1C. The van der Waals surface area contributed by atoms with Gasteiger partial charge < -0.3 is 4.74 Å². The van der Waals surface area contributed by atoms with E-state index in [0.29, 0.717) is 11.4 Å². The van der Waals surface area contributed by atoms with E-state index in [2.05, 4.69) is 21.9 Å². The molecule has 136 valence electrons. The number of amides is 1. The number of esters is 1. The average molecular weight is 362 g/mol. The lowest BCUT2D eigenvalue weighted by Gasteiger charge is -2.21. The van der Waals surface area contributed by atoms with Gasteiger partial charge in [-0.1, -0.05) is 49.1 Å². The Balaban J connectivity index is 2.03. The summed E-state index contributed by atoms with van der Waals surface area (Å²) >= 11 is 0. The number of hydrazone groups is 1. The minimum Gasteiger partial charge on any atom is -0.459 e. The van der Waals surface area contributed by atoms with Crippen LogP contribution in [0.15, 0.2) is 88.6 Å². The van der Waals surface area contributed by atoms with Gasteiger partial charge in [0.15, 0.2) is 0 Å². The first kappa shape index (κ1) is 18.2. The molecule has 2 aromatic rings. The van der Waals surface area contributed by atoms with Gasteiger partial charge in [0.1, 0.15) is 6.61 Å². The predicted molar refractivity (Wildman–Crippen MR) is 102 cm³/mol. The van der Waals surface area contributed by atoms with Crippen molar-refractivity contribution in [1.82, 2.24) is 0 Å². The summed E-state index contributed by atoms with van der Waals surface area (Å²) in [5.74, 6) is -1.48. The van der Waals surface area contributed by atoms with Crippen molar-refractivity contribution in [3.8, 4) is 0 Å². The molecule has 0 radical (unpaired) electrons. The fourth-order valence-corrected chi connectivity index (χ4v) is 2.58. The summed E-state index contributed by atoms with van der Waals surface area (Å²) < 4.78 is 5.15. The van der Waals surface area contributed by atoms with Crippen molar-refractivity contribution in [2.45, 2.75) is 12.5 Å². The number of azo groups is 1. The second-order valence-corrected chi connectivity index (χ2v) is 5.77. The molecule has 1 aliphatic rings.